The highest BCUT2D eigenvalue weighted by Crippen LogP contribution is 2.16. The summed E-state index contributed by atoms with van der Waals surface area (Å²) in [6, 6.07) is 14.7. The molecule has 2 aromatic carbocycles. The lowest BCUT2D eigenvalue weighted by Crippen LogP contribution is -2.12. The number of rotatable bonds is 4. The van der Waals surface area contributed by atoms with E-state index < -0.39 is 10.0 Å². The maximum absolute atomic E-state index is 12.1. The van der Waals surface area contributed by atoms with E-state index >= 15 is 0 Å². The van der Waals surface area contributed by atoms with Gasteiger partial charge in [0.25, 0.3) is 10.0 Å². The van der Waals surface area contributed by atoms with Crippen LogP contribution >= 0.6 is 0 Å². The van der Waals surface area contributed by atoms with E-state index in [1.807, 2.05) is 0 Å². The average Bonchev–Trinajstić information content (AvgIpc) is 2.48. The standard InChI is InChI=1S/C14H14N2O3S/c1-11(15-17)12-7-9-13(10-8-12)16-20(18,19)14-5-3-2-4-6-14/h2-10,16-17H,1H3/b15-11+. The normalized spacial score (nSPS) is 12.2. The molecule has 2 N–H and O–H groups in total. The second-order valence-electron chi connectivity index (χ2n) is 4.18. The van der Waals surface area contributed by atoms with Gasteiger partial charge in [-0.15, -0.1) is 0 Å². The summed E-state index contributed by atoms with van der Waals surface area (Å²) in [4.78, 5) is 0.206. The van der Waals surface area contributed by atoms with Crippen molar-refractivity contribution >= 4 is 21.4 Å². The SMILES string of the molecule is C/C(=N\O)c1ccc(NS(=O)(=O)c2ccccc2)cc1. The number of anilines is 1. The molecule has 104 valence electrons. The number of benzene rings is 2. The monoisotopic (exact) mass is 290 g/mol. The van der Waals surface area contributed by atoms with Gasteiger partial charge >= 0.3 is 0 Å². The van der Waals surface area contributed by atoms with Gasteiger partial charge in [0.15, 0.2) is 0 Å². The molecule has 0 aliphatic carbocycles. The Bertz CT molecular complexity index is 708. The van der Waals surface area contributed by atoms with Crippen molar-refractivity contribution in [2.75, 3.05) is 4.72 Å². The third-order valence-corrected chi connectivity index (χ3v) is 4.16. The Morgan fingerprint density at radius 2 is 1.65 bits per heavy atom. The molecule has 0 spiro atoms. The van der Waals surface area contributed by atoms with E-state index in [1.54, 1.807) is 49.4 Å². The molecule has 2 aromatic rings. The maximum atomic E-state index is 12.1. The Hall–Kier alpha value is -2.34. The van der Waals surface area contributed by atoms with Crippen LogP contribution in [0.5, 0.6) is 0 Å². The third-order valence-electron chi connectivity index (χ3n) is 2.76. The Morgan fingerprint density at radius 1 is 1.05 bits per heavy atom. The minimum Gasteiger partial charge on any atom is -0.411 e. The van der Waals surface area contributed by atoms with E-state index in [4.69, 9.17) is 5.21 Å². The molecule has 0 saturated carbocycles. The van der Waals surface area contributed by atoms with Gasteiger partial charge in [-0.25, -0.2) is 8.42 Å². The van der Waals surface area contributed by atoms with Gasteiger partial charge in [0.1, 0.15) is 0 Å². The molecule has 0 heterocycles. The molecule has 0 atom stereocenters. The van der Waals surface area contributed by atoms with E-state index in [2.05, 4.69) is 9.88 Å². The van der Waals surface area contributed by atoms with Crippen molar-refractivity contribution in [3.05, 3.63) is 60.2 Å². The van der Waals surface area contributed by atoms with Crippen molar-refractivity contribution < 1.29 is 13.6 Å². The molecule has 0 amide bonds. The zero-order chi connectivity index (χ0) is 14.6. The van der Waals surface area contributed by atoms with Crippen LogP contribution in [-0.2, 0) is 10.0 Å². The minimum atomic E-state index is -3.58. The molecule has 5 nitrogen and oxygen atoms in total. The zero-order valence-corrected chi connectivity index (χ0v) is 11.6. The first-order valence-electron chi connectivity index (χ1n) is 5.90. The molecule has 0 aliphatic rings. The first kappa shape index (κ1) is 14.1. The van der Waals surface area contributed by atoms with E-state index in [1.165, 1.54) is 12.1 Å². The molecule has 0 aromatic heterocycles. The summed E-state index contributed by atoms with van der Waals surface area (Å²) >= 11 is 0. The fourth-order valence-corrected chi connectivity index (χ4v) is 2.73. The number of hydrogen-bond donors (Lipinski definition) is 2. The number of nitrogens with zero attached hydrogens (tertiary/aromatic N) is 1. The van der Waals surface area contributed by atoms with Gasteiger partial charge in [-0.2, -0.15) is 0 Å². The van der Waals surface area contributed by atoms with Gasteiger partial charge in [-0.3, -0.25) is 4.72 Å². The first-order chi connectivity index (χ1) is 9.53. The molecule has 20 heavy (non-hydrogen) atoms. The number of hydrogen-bond acceptors (Lipinski definition) is 4. The summed E-state index contributed by atoms with van der Waals surface area (Å²) in [5.74, 6) is 0. The highest BCUT2D eigenvalue weighted by molar-refractivity contribution is 7.92. The Morgan fingerprint density at radius 3 is 2.20 bits per heavy atom. The molecule has 0 radical (unpaired) electrons. The third kappa shape index (κ3) is 3.16. The van der Waals surface area contributed by atoms with E-state index in [0.29, 0.717) is 11.4 Å². The molecular weight excluding hydrogens is 276 g/mol. The van der Waals surface area contributed by atoms with E-state index in [-0.39, 0.29) is 4.90 Å². The summed E-state index contributed by atoms with van der Waals surface area (Å²) in [6.45, 7) is 1.66. The molecule has 0 bridgehead atoms. The van der Waals surface area contributed by atoms with Crippen molar-refractivity contribution in [3.8, 4) is 0 Å². The van der Waals surface area contributed by atoms with Crippen LogP contribution in [0, 0.1) is 0 Å². The molecular formula is C14H14N2O3S. The lowest BCUT2D eigenvalue weighted by molar-refractivity contribution is 0.319. The van der Waals surface area contributed by atoms with Gasteiger partial charge in [-0.1, -0.05) is 35.5 Å². The van der Waals surface area contributed by atoms with Crippen molar-refractivity contribution in [1.82, 2.24) is 0 Å². The van der Waals surface area contributed by atoms with Crippen LogP contribution in [-0.4, -0.2) is 19.3 Å². The number of nitrogens with one attached hydrogen (secondary N) is 1. The maximum Gasteiger partial charge on any atom is 0.261 e. The van der Waals surface area contributed by atoms with Crippen LogP contribution in [0.25, 0.3) is 0 Å². The smallest absolute Gasteiger partial charge is 0.261 e. The Balaban J connectivity index is 2.23. The Labute approximate surface area is 117 Å². The lowest BCUT2D eigenvalue weighted by Gasteiger charge is -2.08. The number of oxime groups is 1. The van der Waals surface area contributed by atoms with Gasteiger partial charge in [-0.05, 0) is 36.8 Å². The quantitative estimate of drug-likeness (QED) is 0.516. The van der Waals surface area contributed by atoms with Crippen LogP contribution in [0.1, 0.15) is 12.5 Å². The van der Waals surface area contributed by atoms with Crippen LogP contribution in [0.3, 0.4) is 0 Å². The Kier molecular flexibility index (Phi) is 4.05. The van der Waals surface area contributed by atoms with Crippen molar-refractivity contribution in [3.63, 3.8) is 0 Å². The first-order valence-corrected chi connectivity index (χ1v) is 7.38. The van der Waals surface area contributed by atoms with Gasteiger partial charge < -0.3 is 5.21 Å². The van der Waals surface area contributed by atoms with Gasteiger partial charge in [0.2, 0.25) is 0 Å². The second-order valence-corrected chi connectivity index (χ2v) is 5.86. The van der Waals surface area contributed by atoms with Crippen LogP contribution < -0.4 is 4.72 Å². The number of sulfonamides is 1. The average molecular weight is 290 g/mol. The topological polar surface area (TPSA) is 78.8 Å². The predicted octanol–water partition coefficient (Wildman–Crippen LogP) is 2.69. The van der Waals surface area contributed by atoms with E-state index in [0.717, 1.165) is 5.56 Å². The van der Waals surface area contributed by atoms with Crippen molar-refractivity contribution in [2.45, 2.75) is 11.8 Å². The summed E-state index contributed by atoms with van der Waals surface area (Å²) in [5, 5.41) is 11.8. The summed E-state index contributed by atoms with van der Waals surface area (Å²) in [5.41, 5.74) is 1.63. The fraction of sp³-hybridized carbons (Fsp3) is 0.0714. The van der Waals surface area contributed by atoms with Crippen LogP contribution in [0.2, 0.25) is 0 Å². The van der Waals surface area contributed by atoms with Gasteiger partial charge in [0.05, 0.1) is 10.6 Å². The van der Waals surface area contributed by atoms with Crippen molar-refractivity contribution in [2.24, 2.45) is 5.16 Å². The minimum absolute atomic E-state index is 0.206. The summed E-state index contributed by atoms with van der Waals surface area (Å²) in [6.07, 6.45) is 0. The van der Waals surface area contributed by atoms with Crippen molar-refractivity contribution in [1.29, 1.82) is 0 Å². The second kappa shape index (κ2) is 5.75. The molecule has 0 saturated heterocycles. The lowest BCUT2D eigenvalue weighted by atomic mass is 10.1. The molecule has 0 aliphatic heterocycles. The molecule has 2 rings (SSSR count). The zero-order valence-electron chi connectivity index (χ0n) is 10.8. The van der Waals surface area contributed by atoms with E-state index in [9.17, 15) is 8.42 Å². The van der Waals surface area contributed by atoms with Crippen LogP contribution in [0.4, 0.5) is 5.69 Å². The highest BCUT2D eigenvalue weighted by Gasteiger charge is 2.13. The molecule has 6 heteroatoms. The molecule has 0 unspecified atom stereocenters. The van der Waals surface area contributed by atoms with Gasteiger partial charge in [0, 0.05) is 5.69 Å². The largest absolute Gasteiger partial charge is 0.411 e. The summed E-state index contributed by atoms with van der Waals surface area (Å²) in [7, 11) is -3.58. The fourth-order valence-electron chi connectivity index (χ4n) is 1.65. The summed E-state index contributed by atoms with van der Waals surface area (Å²) < 4.78 is 26.7. The highest BCUT2D eigenvalue weighted by atomic mass is 32.2. The predicted molar refractivity (Wildman–Crippen MR) is 77.7 cm³/mol. The molecule has 0 fully saturated rings. The van der Waals surface area contributed by atoms with Crippen LogP contribution in [0.15, 0.2) is 64.6 Å².